The molecule has 58 heavy (non-hydrogen) atoms. The summed E-state index contributed by atoms with van der Waals surface area (Å²) in [5, 5.41) is 7.09. The van der Waals surface area contributed by atoms with Crippen molar-refractivity contribution in [1.82, 2.24) is 0 Å². The molecule has 1 aliphatic heterocycles. The van der Waals surface area contributed by atoms with Gasteiger partial charge in [0.05, 0.1) is 5.69 Å². The van der Waals surface area contributed by atoms with E-state index < -0.39 is 0 Å². The van der Waals surface area contributed by atoms with Crippen LogP contribution in [-0.4, -0.2) is 0 Å². The summed E-state index contributed by atoms with van der Waals surface area (Å²) in [5.74, 6) is -0.279. The van der Waals surface area contributed by atoms with Crippen LogP contribution in [0.1, 0.15) is 0 Å². The zero-order valence-corrected chi connectivity index (χ0v) is 32.2. The van der Waals surface area contributed by atoms with E-state index in [1.807, 2.05) is 36.4 Å². The maximum atomic E-state index is 15.8. The first-order valence-electron chi connectivity index (χ1n) is 19.5. The molecule has 0 fully saturated rings. The van der Waals surface area contributed by atoms with Gasteiger partial charge in [-0.3, -0.25) is 0 Å². The highest BCUT2D eigenvalue weighted by molar-refractivity contribution is 7.99. The molecule has 0 atom stereocenters. The van der Waals surface area contributed by atoms with Gasteiger partial charge in [0.15, 0.2) is 0 Å². The SMILES string of the molecule is Fc1cc(-c2cccc3ccccc23)cc(N(c2ccccc2)c2ccc3c(c2)Sc2cccc4c(N(c5ccccc5)c5ccc6ccccc6c5)ccc-3c24)c1. The Kier molecular flexibility index (Phi) is 8.30. The van der Waals surface area contributed by atoms with Gasteiger partial charge in [0.1, 0.15) is 5.82 Å². The van der Waals surface area contributed by atoms with Crippen LogP contribution >= 0.6 is 11.8 Å². The molecule has 4 heteroatoms. The van der Waals surface area contributed by atoms with Gasteiger partial charge in [-0.25, -0.2) is 4.39 Å². The Morgan fingerprint density at radius 3 is 1.81 bits per heavy atom. The van der Waals surface area contributed by atoms with Crippen LogP contribution in [0.4, 0.5) is 38.5 Å². The molecule has 0 N–H and O–H groups in total. The van der Waals surface area contributed by atoms with Gasteiger partial charge in [-0.2, -0.15) is 0 Å². The van der Waals surface area contributed by atoms with Crippen molar-refractivity contribution in [3.63, 3.8) is 0 Å². The van der Waals surface area contributed by atoms with E-state index in [4.69, 9.17) is 0 Å². The van der Waals surface area contributed by atoms with E-state index in [1.54, 1.807) is 23.9 Å². The fraction of sp³-hybridized carbons (Fsp3) is 0. The predicted molar refractivity (Wildman–Crippen MR) is 243 cm³/mol. The number of nitrogens with zero attached hydrogens (tertiary/aromatic N) is 2. The first kappa shape index (κ1) is 34.1. The molecule has 0 radical (unpaired) electrons. The summed E-state index contributed by atoms with van der Waals surface area (Å²) in [4.78, 5) is 6.91. The molecule has 0 bridgehead atoms. The second-order valence-corrected chi connectivity index (χ2v) is 15.8. The Hall–Kier alpha value is -7.14. The van der Waals surface area contributed by atoms with Crippen molar-refractivity contribution in [2.45, 2.75) is 9.79 Å². The molecule has 0 saturated heterocycles. The van der Waals surface area contributed by atoms with Crippen molar-refractivity contribution in [1.29, 1.82) is 0 Å². The van der Waals surface area contributed by atoms with E-state index in [0.717, 1.165) is 60.9 Å². The van der Waals surface area contributed by atoms with E-state index in [9.17, 15) is 0 Å². The minimum Gasteiger partial charge on any atom is -0.310 e. The molecular formula is C54H35FN2S. The van der Waals surface area contributed by atoms with Crippen LogP contribution in [0, 0.1) is 5.82 Å². The van der Waals surface area contributed by atoms with Crippen molar-refractivity contribution in [3.05, 3.63) is 218 Å². The first-order chi connectivity index (χ1) is 28.7. The number of para-hydroxylation sites is 2. The summed E-state index contributed by atoms with van der Waals surface area (Å²) in [6.45, 7) is 0. The van der Waals surface area contributed by atoms with E-state index in [0.29, 0.717) is 0 Å². The van der Waals surface area contributed by atoms with Gasteiger partial charge in [0.2, 0.25) is 0 Å². The molecule has 2 nitrogen and oxygen atoms in total. The van der Waals surface area contributed by atoms with Crippen molar-refractivity contribution >= 4 is 78.2 Å². The first-order valence-corrected chi connectivity index (χ1v) is 20.3. The maximum absolute atomic E-state index is 15.8. The smallest absolute Gasteiger partial charge is 0.125 e. The number of hydrogen-bond donors (Lipinski definition) is 0. The third-order valence-corrected chi connectivity index (χ3v) is 12.3. The molecule has 10 aromatic rings. The van der Waals surface area contributed by atoms with Crippen molar-refractivity contribution in [3.8, 4) is 22.3 Å². The van der Waals surface area contributed by atoms with E-state index in [1.165, 1.54) is 37.6 Å². The highest BCUT2D eigenvalue weighted by Gasteiger charge is 2.25. The van der Waals surface area contributed by atoms with E-state index >= 15 is 4.39 Å². The van der Waals surface area contributed by atoms with Gasteiger partial charge in [-0.1, -0.05) is 145 Å². The third kappa shape index (κ3) is 5.89. The second-order valence-electron chi connectivity index (χ2n) is 14.7. The number of fused-ring (bicyclic) bond motifs is 4. The van der Waals surface area contributed by atoms with E-state index in [2.05, 4.69) is 174 Å². The van der Waals surface area contributed by atoms with Crippen molar-refractivity contribution in [2.75, 3.05) is 9.80 Å². The van der Waals surface area contributed by atoms with Gasteiger partial charge in [-0.15, -0.1) is 0 Å². The molecule has 0 aromatic heterocycles. The molecular weight excluding hydrogens is 728 g/mol. The van der Waals surface area contributed by atoms with Crippen molar-refractivity contribution < 1.29 is 4.39 Å². The Morgan fingerprint density at radius 2 is 0.983 bits per heavy atom. The van der Waals surface area contributed by atoms with Crippen LogP contribution in [0.5, 0.6) is 0 Å². The standard InChI is InChI=1S/C54H35FN2S/c55-40-31-39(47-22-11-16-37-14-9-10-21-46(37)47)33-45(34-40)56(41-17-3-1-4-18-41)44-27-28-48-49-29-30-51(50-23-12-24-52(54(49)50)58-53(48)35-44)57(42-19-5-2-6-20-42)43-26-25-36-13-7-8-15-38(36)32-43/h1-35H. The third-order valence-electron chi connectivity index (χ3n) is 11.2. The van der Waals surface area contributed by atoms with Crippen LogP contribution in [0.2, 0.25) is 0 Å². The normalized spacial score (nSPS) is 11.8. The number of benzene rings is 10. The summed E-state index contributed by atoms with van der Waals surface area (Å²) in [6, 6.07) is 73.9. The predicted octanol–water partition coefficient (Wildman–Crippen LogP) is 16.0. The minimum atomic E-state index is -0.279. The molecule has 0 saturated carbocycles. The number of anilines is 6. The van der Waals surface area contributed by atoms with Crippen LogP contribution < -0.4 is 9.80 Å². The lowest BCUT2D eigenvalue weighted by Crippen LogP contribution is -2.11. The maximum Gasteiger partial charge on any atom is 0.125 e. The van der Waals surface area contributed by atoms with Crippen LogP contribution in [0.15, 0.2) is 222 Å². The molecule has 0 spiro atoms. The van der Waals surface area contributed by atoms with Gasteiger partial charge in [0.25, 0.3) is 0 Å². The molecule has 10 aromatic carbocycles. The fourth-order valence-electron chi connectivity index (χ4n) is 8.62. The summed E-state index contributed by atoms with van der Waals surface area (Å²) in [5.41, 5.74) is 10.3. The van der Waals surface area contributed by atoms with Gasteiger partial charge < -0.3 is 9.80 Å². The largest absolute Gasteiger partial charge is 0.310 e. The van der Waals surface area contributed by atoms with Crippen LogP contribution in [-0.2, 0) is 0 Å². The topological polar surface area (TPSA) is 6.48 Å². The van der Waals surface area contributed by atoms with E-state index in [-0.39, 0.29) is 5.82 Å². The lowest BCUT2D eigenvalue weighted by Gasteiger charge is -2.30. The fourth-order valence-corrected chi connectivity index (χ4v) is 9.79. The molecule has 0 unspecified atom stereocenters. The minimum absolute atomic E-state index is 0.279. The zero-order valence-electron chi connectivity index (χ0n) is 31.4. The van der Waals surface area contributed by atoms with Gasteiger partial charge in [-0.05, 0) is 123 Å². The second kappa shape index (κ2) is 14.1. The number of rotatable bonds is 7. The van der Waals surface area contributed by atoms with Crippen LogP contribution in [0.25, 0.3) is 54.6 Å². The summed E-state index contributed by atoms with van der Waals surface area (Å²) in [7, 11) is 0. The number of hydrogen-bond acceptors (Lipinski definition) is 3. The Bertz CT molecular complexity index is 3170. The number of halogens is 1. The summed E-state index contributed by atoms with van der Waals surface area (Å²) in [6.07, 6.45) is 0. The Labute approximate surface area is 341 Å². The van der Waals surface area contributed by atoms with Crippen molar-refractivity contribution in [2.24, 2.45) is 0 Å². The van der Waals surface area contributed by atoms with Gasteiger partial charge >= 0.3 is 0 Å². The quantitative estimate of drug-likeness (QED) is 0.160. The Morgan fingerprint density at radius 1 is 0.345 bits per heavy atom. The highest BCUT2D eigenvalue weighted by Crippen LogP contribution is 2.53. The average molecular weight is 763 g/mol. The summed E-state index contributed by atoms with van der Waals surface area (Å²) >= 11 is 1.80. The van der Waals surface area contributed by atoms with Gasteiger partial charge in [0, 0.05) is 49.0 Å². The summed E-state index contributed by atoms with van der Waals surface area (Å²) < 4.78 is 15.8. The molecule has 0 aliphatic carbocycles. The monoisotopic (exact) mass is 762 g/mol. The lowest BCUT2D eigenvalue weighted by molar-refractivity contribution is 0.628. The van der Waals surface area contributed by atoms with Crippen LogP contribution in [0.3, 0.4) is 0 Å². The molecule has 1 heterocycles. The zero-order chi connectivity index (χ0) is 38.6. The molecule has 11 rings (SSSR count). The average Bonchev–Trinajstić information content (AvgIpc) is 3.27. The molecule has 0 amide bonds. The lowest BCUT2D eigenvalue weighted by atomic mass is 9.95. The Balaban J connectivity index is 1.04. The molecule has 274 valence electrons. The molecule has 1 aliphatic rings. The highest BCUT2D eigenvalue weighted by atomic mass is 32.2.